The first-order valence-corrected chi connectivity index (χ1v) is 7.51. The monoisotopic (exact) mass is 286 g/mol. The van der Waals surface area contributed by atoms with Crippen LogP contribution >= 0.6 is 11.6 Å². The van der Waals surface area contributed by atoms with E-state index in [2.05, 4.69) is 4.98 Å². The predicted octanol–water partition coefficient (Wildman–Crippen LogP) is 1.47. The molecule has 0 aliphatic carbocycles. The summed E-state index contributed by atoms with van der Waals surface area (Å²) in [7, 11) is -3.35. The van der Waals surface area contributed by atoms with Gasteiger partial charge in [0, 0.05) is 12.8 Å². The molecule has 2 rings (SSSR count). The summed E-state index contributed by atoms with van der Waals surface area (Å²) in [6.07, 6.45) is 1.09. The van der Waals surface area contributed by atoms with E-state index >= 15 is 0 Å². The van der Waals surface area contributed by atoms with Crippen molar-refractivity contribution in [1.29, 1.82) is 0 Å². The van der Waals surface area contributed by atoms with E-state index in [1.165, 1.54) is 22.8 Å². The Labute approximate surface area is 109 Å². The smallest absolute Gasteiger partial charge is 0.262 e. The molecule has 5 nitrogen and oxygen atoms in total. The Hall–Kier alpha value is -1.40. The lowest BCUT2D eigenvalue weighted by Crippen LogP contribution is -2.21. The van der Waals surface area contributed by atoms with Crippen LogP contribution in [-0.2, 0) is 16.4 Å². The Morgan fingerprint density at radius 2 is 2.06 bits per heavy atom. The first-order valence-electron chi connectivity index (χ1n) is 5.24. The van der Waals surface area contributed by atoms with Gasteiger partial charge in [-0.1, -0.05) is 0 Å². The third-order valence-electron chi connectivity index (χ3n) is 2.62. The number of aromatic nitrogens is 2. The largest absolute Gasteiger partial charge is 0.283 e. The molecule has 0 N–H and O–H groups in total. The third kappa shape index (κ3) is 2.13. The van der Waals surface area contributed by atoms with Crippen molar-refractivity contribution in [2.24, 2.45) is 0 Å². The van der Waals surface area contributed by atoms with Crippen LogP contribution in [0.1, 0.15) is 6.92 Å². The Morgan fingerprint density at radius 3 is 2.61 bits per heavy atom. The molecule has 0 unspecified atom stereocenters. The minimum atomic E-state index is -3.35. The summed E-state index contributed by atoms with van der Waals surface area (Å²) in [6.45, 7) is 2.14. The van der Waals surface area contributed by atoms with Crippen LogP contribution in [-0.4, -0.2) is 24.2 Å². The molecule has 0 saturated heterocycles. The predicted molar refractivity (Wildman–Crippen MR) is 69.8 cm³/mol. The number of sulfone groups is 1. The zero-order valence-electron chi connectivity index (χ0n) is 9.84. The maximum Gasteiger partial charge on any atom is 0.262 e. The quantitative estimate of drug-likeness (QED) is 0.784. The van der Waals surface area contributed by atoms with Crippen LogP contribution in [0.5, 0.6) is 0 Å². The molecule has 0 fully saturated rings. The molecule has 1 aromatic carbocycles. The van der Waals surface area contributed by atoms with Crippen molar-refractivity contribution in [3.63, 3.8) is 0 Å². The Kier molecular flexibility index (Phi) is 3.16. The van der Waals surface area contributed by atoms with Gasteiger partial charge in [0.05, 0.1) is 15.8 Å². The second-order valence-corrected chi connectivity index (χ2v) is 6.24. The minimum Gasteiger partial charge on any atom is -0.283 e. The maximum absolute atomic E-state index is 12.1. The molecule has 7 heteroatoms. The zero-order valence-corrected chi connectivity index (χ0v) is 11.4. The van der Waals surface area contributed by atoms with Gasteiger partial charge in [0.15, 0.2) is 9.84 Å². The highest BCUT2D eigenvalue weighted by Crippen LogP contribution is 2.16. The molecule has 0 atom stereocenters. The first-order chi connectivity index (χ1) is 8.34. The lowest BCUT2D eigenvalue weighted by Gasteiger charge is -2.07. The summed E-state index contributed by atoms with van der Waals surface area (Å²) < 4.78 is 24.2. The van der Waals surface area contributed by atoms with Gasteiger partial charge in [-0.2, -0.15) is 0 Å². The van der Waals surface area contributed by atoms with Crippen LogP contribution in [0.3, 0.4) is 0 Å². The molecular formula is C11H11ClN2O3S. The van der Waals surface area contributed by atoms with Gasteiger partial charge in [-0.3, -0.25) is 9.36 Å². The third-order valence-corrected chi connectivity index (χ3v) is 4.02. The summed E-state index contributed by atoms with van der Waals surface area (Å²) in [5, 5.41) is 0.353. The van der Waals surface area contributed by atoms with E-state index in [-0.39, 0.29) is 21.1 Å². The van der Waals surface area contributed by atoms with Crippen molar-refractivity contribution in [3.05, 3.63) is 33.8 Å². The normalized spacial score (nSPS) is 11.9. The summed E-state index contributed by atoms with van der Waals surface area (Å²) in [4.78, 5) is 16.3. The van der Waals surface area contributed by atoms with E-state index in [4.69, 9.17) is 11.6 Å². The second-order valence-electron chi connectivity index (χ2n) is 3.88. The van der Waals surface area contributed by atoms with Gasteiger partial charge in [-0.25, -0.2) is 13.4 Å². The fraction of sp³-hybridized carbons (Fsp3) is 0.273. The van der Waals surface area contributed by atoms with E-state index in [1.807, 2.05) is 0 Å². The molecule has 0 radical (unpaired) electrons. The van der Waals surface area contributed by atoms with Crippen LogP contribution in [0.2, 0.25) is 5.28 Å². The van der Waals surface area contributed by atoms with Crippen molar-refractivity contribution in [3.8, 4) is 0 Å². The summed E-state index contributed by atoms with van der Waals surface area (Å²) in [5.74, 6) is 0. The van der Waals surface area contributed by atoms with Crippen molar-refractivity contribution in [2.45, 2.75) is 18.4 Å². The van der Waals surface area contributed by atoms with E-state index < -0.39 is 9.84 Å². The number of nitrogens with zero attached hydrogens (tertiary/aromatic N) is 2. The lowest BCUT2D eigenvalue weighted by molar-refractivity contribution is 0.602. The van der Waals surface area contributed by atoms with E-state index in [1.54, 1.807) is 6.92 Å². The average Bonchev–Trinajstić information content (AvgIpc) is 2.27. The number of hydrogen-bond acceptors (Lipinski definition) is 4. The fourth-order valence-corrected chi connectivity index (χ4v) is 2.61. The van der Waals surface area contributed by atoms with Gasteiger partial charge >= 0.3 is 0 Å². The molecule has 0 saturated carbocycles. The Bertz CT molecular complexity index is 781. The SMILES string of the molecule is CCn1c(Cl)nc2ccc(S(C)(=O)=O)cc2c1=O. The number of benzene rings is 1. The molecule has 0 amide bonds. The molecule has 96 valence electrons. The van der Waals surface area contributed by atoms with E-state index in [0.717, 1.165) is 6.26 Å². The van der Waals surface area contributed by atoms with Crippen molar-refractivity contribution < 1.29 is 8.42 Å². The van der Waals surface area contributed by atoms with Gasteiger partial charge in [0.25, 0.3) is 5.56 Å². The van der Waals surface area contributed by atoms with E-state index in [9.17, 15) is 13.2 Å². The highest BCUT2D eigenvalue weighted by atomic mass is 35.5. The van der Waals surface area contributed by atoms with Crippen LogP contribution < -0.4 is 5.56 Å². The standard InChI is InChI=1S/C11H11ClN2O3S/c1-3-14-10(15)8-6-7(18(2,16)17)4-5-9(8)13-11(14)12/h4-6H,3H2,1-2H3. The number of fused-ring (bicyclic) bond motifs is 1. The van der Waals surface area contributed by atoms with Crippen LogP contribution in [0.25, 0.3) is 10.9 Å². The molecule has 0 bridgehead atoms. The lowest BCUT2D eigenvalue weighted by atomic mass is 10.2. The molecule has 0 aliphatic heterocycles. The molecular weight excluding hydrogens is 276 g/mol. The van der Waals surface area contributed by atoms with Crippen molar-refractivity contribution >= 4 is 32.3 Å². The number of hydrogen-bond donors (Lipinski definition) is 0. The number of rotatable bonds is 2. The van der Waals surface area contributed by atoms with Crippen LogP contribution in [0.15, 0.2) is 27.9 Å². The second kappa shape index (κ2) is 4.37. The Morgan fingerprint density at radius 1 is 1.39 bits per heavy atom. The number of halogens is 1. The molecule has 0 spiro atoms. The first kappa shape index (κ1) is 13.0. The summed E-state index contributed by atoms with van der Waals surface area (Å²) >= 11 is 5.87. The van der Waals surface area contributed by atoms with Crippen LogP contribution in [0.4, 0.5) is 0 Å². The summed E-state index contributed by atoms with van der Waals surface area (Å²) in [6, 6.07) is 4.23. The average molecular weight is 287 g/mol. The highest BCUT2D eigenvalue weighted by Gasteiger charge is 2.12. The maximum atomic E-state index is 12.1. The van der Waals surface area contributed by atoms with Gasteiger partial charge in [0.2, 0.25) is 5.28 Å². The van der Waals surface area contributed by atoms with Crippen molar-refractivity contribution in [2.75, 3.05) is 6.26 Å². The highest BCUT2D eigenvalue weighted by molar-refractivity contribution is 7.90. The van der Waals surface area contributed by atoms with Gasteiger partial charge in [-0.15, -0.1) is 0 Å². The van der Waals surface area contributed by atoms with Gasteiger partial charge < -0.3 is 0 Å². The fourth-order valence-electron chi connectivity index (χ4n) is 1.68. The molecule has 1 heterocycles. The topological polar surface area (TPSA) is 69.0 Å². The van der Waals surface area contributed by atoms with Gasteiger partial charge in [-0.05, 0) is 36.7 Å². The van der Waals surface area contributed by atoms with Crippen molar-refractivity contribution in [1.82, 2.24) is 9.55 Å². The molecule has 0 aliphatic rings. The molecule has 18 heavy (non-hydrogen) atoms. The molecule has 2 aromatic rings. The van der Waals surface area contributed by atoms with Crippen LogP contribution in [0, 0.1) is 0 Å². The Balaban J connectivity index is 2.90. The van der Waals surface area contributed by atoms with Gasteiger partial charge in [0.1, 0.15) is 0 Å². The minimum absolute atomic E-state index is 0.0962. The molecule has 1 aromatic heterocycles. The zero-order chi connectivity index (χ0) is 13.5. The van der Waals surface area contributed by atoms with E-state index in [0.29, 0.717) is 12.1 Å². The summed E-state index contributed by atoms with van der Waals surface area (Å²) in [5.41, 5.74) is 0.0556.